The van der Waals surface area contributed by atoms with E-state index in [0.717, 1.165) is 51.1 Å². The predicted octanol–water partition coefficient (Wildman–Crippen LogP) is 14.0. The molecule has 1 unspecified atom stereocenters. The first kappa shape index (κ1) is 33.6. The van der Waals surface area contributed by atoms with E-state index in [1.165, 1.54) is 66.1 Å². The normalized spacial score (nSPS) is 13.9. The van der Waals surface area contributed by atoms with Crippen molar-refractivity contribution in [1.29, 1.82) is 0 Å². The highest BCUT2D eigenvalue weighted by molar-refractivity contribution is 6.22. The fraction of sp³-hybridized carbons (Fsp3) is 0.0545. The molecule has 3 heterocycles. The molecule has 0 N–H and O–H groups in total. The highest BCUT2D eigenvalue weighted by atomic mass is 15.1. The standard InChI is InChI=1S/C55H38N4/c1-35-23-30-45-44-19-9-12-22-49(44)58(52(45)33-35)40-29-32-50-46(34-40)53-43-18-6-5-15-37(43)28-31-51(53)59(50)55-54(56-47-20-10-11-21-48(47)57-55)39-26-24-38(25-27-39)42-17-8-7-16-41(42)36-13-3-2-4-14-36/h2-32,34-35H,33H2,1H3. The fourth-order valence-electron chi connectivity index (χ4n) is 9.53. The monoisotopic (exact) mass is 754 g/mol. The third-order valence-corrected chi connectivity index (χ3v) is 12.3. The second-order valence-corrected chi connectivity index (χ2v) is 15.8. The first-order valence-electron chi connectivity index (χ1n) is 20.5. The molecule has 0 saturated carbocycles. The number of aromatic nitrogens is 4. The van der Waals surface area contributed by atoms with Crippen LogP contribution in [0.1, 0.15) is 18.2 Å². The molecule has 59 heavy (non-hydrogen) atoms. The number of hydrogen-bond donors (Lipinski definition) is 0. The van der Waals surface area contributed by atoms with Gasteiger partial charge in [-0.05, 0) is 87.8 Å². The van der Waals surface area contributed by atoms with E-state index in [-0.39, 0.29) is 0 Å². The van der Waals surface area contributed by atoms with Gasteiger partial charge < -0.3 is 4.57 Å². The maximum absolute atomic E-state index is 5.48. The summed E-state index contributed by atoms with van der Waals surface area (Å²) in [5.74, 6) is 1.28. The van der Waals surface area contributed by atoms with Crippen molar-refractivity contribution in [2.75, 3.05) is 0 Å². The van der Waals surface area contributed by atoms with Gasteiger partial charge in [-0.3, -0.25) is 4.57 Å². The Kier molecular flexibility index (Phi) is 7.54. The van der Waals surface area contributed by atoms with Crippen molar-refractivity contribution in [1.82, 2.24) is 19.1 Å². The molecule has 8 aromatic carbocycles. The lowest BCUT2D eigenvalue weighted by molar-refractivity contribution is 0.691. The molecule has 0 fully saturated rings. The zero-order chi connectivity index (χ0) is 39.0. The number of para-hydroxylation sites is 3. The molecular formula is C55H38N4. The van der Waals surface area contributed by atoms with Crippen molar-refractivity contribution in [3.05, 3.63) is 199 Å². The van der Waals surface area contributed by atoms with Gasteiger partial charge >= 0.3 is 0 Å². The largest absolute Gasteiger partial charge is 0.313 e. The first-order valence-corrected chi connectivity index (χ1v) is 20.5. The van der Waals surface area contributed by atoms with E-state index in [0.29, 0.717) is 5.92 Å². The highest BCUT2D eigenvalue weighted by Gasteiger charge is 2.24. The van der Waals surface area contributed by atoms with E-state index >= 15 is 0 Å². The Labute approximate surface area is 342 Å². The van der Waals surface area contributed by atoms with Crippen molar-refractivity contribution in [3.63, 3.8) is 0 Å². The lowest BCUT2D eigenvalue weighted by Gasteiger charge is -2.17. The van der Waals surface area contributed by atoms with Crippen molar-refractivity contribution in [2.24, 2.45) is 5.92 Å². The Hall–Kier alpha value is -7.56. The minimum Gasteiger partial charge on any atom is -0.313 e. The molecule has 278 valence electrons. The highest BCUT2D eigenvalue weighted by Crippen LogP contribution is 2.42. The topological polar surface area (TPSA) is 35.6 Å². The van der Waals surface area contributed by atoms with Crippen LogP contribution in [0.4, 0.5) is 0 Å². The van der Waals surface area contributed by atoms with Crippen LogP contribution in [0, 0.1) is 5.92 Å². The minimum atomic E-state index is 0.470. The zero-order valence-corrected chi connectivity index (χ0v) is 32.5. The molecule has 1 aliphatic carbocycles. The molecule has 0 spiro atoms. The van der Waals surface area contributed by atoms with E-state index in [2.05, 4.69) is 198 Å². The summed E-state index contributed by atoms with van der Waals surface area (Å²) in [6.45, 7) is 2.31. The molecule has 11 aromatic rings. The van der Waals surface area contributed by atoms with Gasteiger partial charge in [0.25, 0.3) is 0 Å². The Morgan fingerprint density at radius 2 is 1.12 bits per heavy atom. The molecule has 1 aliphatic rings. The van der Waals surface area contributed by atoms with Crippen molar-refractivity contribution in [3.8, 4) is 45.0 Å². The van der Waals surface area contributed by atoms with Gasteiger partial charge in [-0.2, -0.15) is 0 Å². The molecule has 3 aromatic heterocycles. The van der Waals surface area contributed by atoms with Crippen LogP contribution in [0.25, 0.3) is 106 Å². The van der Waals surface area contributed by atoms with Crippen molar-refractivity contribution in [2.45, 2.75) is 13.3 Å². The number of fused-ring (bicyclic) bond motifs is 9. The average Bonchev–Trinajstić information content (AvgIpc) is 3.81. The third kappa shape index (κ3) is 5.30. The average molecular weight is 755 g/mol. The number of nitrogens with zero attached hydrogens (tertiary/aromatic N) is 4. The molecule has 1 atom stereocenters. The van der Waals surface area contributed by atoms with Crippen LogP contribution in [-0.4, -0.2) is 19.1 Å². The van der Waals surface area contributed by atoms with Gasteiger partial charge in [0.1, 0.15) is 5.69 Å². The summed E-state index contributed by atoms with van der Waals surface area (Å²) in [6.07, 6.45) is 5.67. The smallest absolute Gasteiger partial charge is 0.165 e. The zero-order valence-electron chi connectivity index (χ0n) is 32.5. The molecular weight excluding hydrogens is 717 g/mol. The molecule has 0 bridgehead atoms. The van der Waals surface area contributed by atoms with Crippen LogP contribution in [0.5, 0.6) is 0 Å². The number of rotatable bonds is 5. The lowest BCUT2D eigenvalue weighted by atomic mass is 9.94. The van der Waals surface area contributed by atoms with Crippen LogP contribution < -0.4 is 0 Å². The van der Waals surface area contributed by atoms with E-state index < -0.39 is 0 Å². The fourth-order valence-corrected chi connectivity index (χ4v) is 9.53. The van der Waals surface area contributed by atoms with E-state index in [1.807, 2.05) is 12.1 Å². The van der Waals surface area contributed by atoms with E-state index in [9.17, 15) is 0 Å². The van der Waals surface area contributed by atoms with Crippen molar-refractivity contribution < 1.29 is 0 Å². The van der Waals surface area contributed by atoms with Crippen LogP contribution >= 0.6 is 0 Å². The van der Waals surface area contributed by atoms with Crippen LogP contribution in [0.3, 0.4) is 0 Å². The van der Waals surface area contributed by atoms with Gasteiger partial charge in [-0.1, -0.05) is 159 Å². The van der Waals surface area contributed by atoms with Gasteiger partial charge in [-0.25, -0.2) is 9.97 Å². The summed E-state index contributed by atoms with van der Waals surface area (Å²) in [5, 5.41) is 6.13. The Bertz CT molecular complexity index is 3480. The Morgan fingerprint density at radius 1 is 0.492 bits per heavy atom. The summed E-state index contributed by atoms with van der Waals surface area (Å²) in [4.78, 5) is 10.9. The van der Waals surface area contributed by atoms with Crippen LogP contribution in [-0.2, 0) is 6.42 Å². The lowest BCUT2D eigenvalue weighted by Crippen LogP contribution is -2.08. The molecule has 4 heteroatoms. The van der Waals surface area contributed by atoms with Crippen LogP contribution in [0.2, 0.25) is 0 Å². The van der Waals surface area contributed by atoms with E-state index in [4.69, 9.17) is 9.97 Å². The Balaban J connectivity index is 1.10. The van der Waals surface area contributed by atoms with Gasteiger partial charge in [0.15, 0.2) is 5.82 Å². The Morgan fingerprint density at radius 3 is 1.93 bits per heavy atom. The summed E-state index contributed by atoms with van der Waals surface area (Å²) in [6, 6.07) is 65.4. The summed E-state index contributed by atoms with van der Waals surface area (Å²) >= 11 is 0. The molecule has 0 amide bonds. The van der Waals surface area contributed by atoms with Crippen molar-refractivity contribution >= 4 is 60.6 Å². The second-order valence-electron chi connectivity index (χ2n) is 15.8. The number of allylic oxidation sites excluding steroid dienone is 1. The molecule has 0 saturated heterocycles. The summed E-state index contributed by atoms with van der Waals surface area (Å²) in [7, 11) is 0. The van der Waals surface area contributed by atoms with Gasteiger partial charge in [0.05, 0.1) is 27.6 Å². The predicted molar refractivity (Wildman–Crippen MR) is 246 cm³/mol. The summed E-state index contributed by atoms with van der Waals surface area (Å²) < 4.78 is 4.85. The molecule has 4 nitrogen and oxygen atoms in total. The van der Waals surface area contributed by atoms with Crippen LogP contribution in [0.15, 0.2) is 188 Å². The number of hydrogen-bond acceptors (Lipinski definition) is 2. The molecule has 0 aliphatic heterocycles. The SMILES string of the molecule is CC1C=Cc2c(n(-c3ccc4c(c3)c3c5ccccc5ccc3n4-c3nc4ccccc4nc3-c3ccc(-c4ccccc4-c4ccccc4)cc3)c3ccccc23)C1. The van der Waals surface area contributed by atoms with E-state index in [1.54, 1.807) is 0 Å². The van der Waals surface area contributed by atoms with Gasteiger partial charge in [0, 0.05) is 38.7 Å². The minimum absolute atomic E-state index is 0.470. The summed E-state index contributed by atoms with van der Waals surface area (Å²) in [5.41, 5.74) is 15.6. The maximum atomic E-state index is 5.48. The van der Waals surface area contributed by atoms with Gasteiger partial charge in [0.2, 0.25) is 0 Å². The quantitative estimate of drug-likeness (QED) is 0.175. The maximum Gasteiger partial charge on any atom is 0.165 e. The molecule has 0 radical (unpaired) electrons. The molecule has 12 rings (SSSR count). The van der Waals surface area contributed by atoms with Gasteiger partial charge in [-0.15, -0.1) is 0 Å². The third-order valence-electron chi connectivity index (χ3n) is 12.3. The number of benzene rings is 8. The second kappa shape index (κ2) is 13.3. The first-order chi connectivity index (χ1) is 29.2.